The number of thioether (sulfide) groups is 1. The molecule has 1 aliphatic rings. The average molecular weight is 417 g/mol. The quantitative estimate of drug-likeness (QED) is 0.632. The lowest BCUT2D eigenvalue weighted by atomic mass is 10.1. The normalized spacial score (nSPS) is 15.8. The maximum atomic E-state index is 12.9. The Morgan fingerprint density at radius 1 is 1.18 bits per heavy atom. The highest BCUT2D eigenvalue weighted by Crippen LogP contribution is 2.27. The number of hydrogen-bond acceptors (Lipinski definition) is 5. The number of ketones is 1. The Kier molecular flexibility index (Phi) is 6.75. The molecule has 2 aromatic carbocycles. The van der Waals surface area contributed by atoms with Crippen molar-refractivity contribution in [2.45, 2.75) is 26.3 Å². The van der Waals surface area contributed by atoms with Crippen molar-refractivity contribution >= 4 is 45.9 Å². The van der Waals surface area contributed by atoms with Gasteiger partial charge in [0.1, 0.15) is 5.75 Å². The molecule has 0 fully saturated rings. The number of amides is 1. The molecule has 1 atom stereocenters. The van der Waals surface area contributed by atoms with Crippen LogP contribution in [0.15, 0.2) is 53.5 Å². The lowest BCUT2D eigenvalue weighted by Gasteiger charge is -2.22. The van der Waals surface area contributed by atoms with Crippen molar-refractivity contribution in [1.82, 2.24) is 0 Å². The summed E-state index contributed by atoms with van der Waals surface area (Å²) in [6, 6.07) is 14.0. The minimum absolute atomic E-state index is 0.0712. The van der Waals surface area contributed by atoms with E-state index in [1.165, 1.54) is 0 Å². The number of Topliss-reactive ketones (excluding diaryl/α,β-unsaturated/α-hetero) is 1. The first-order valence-electron chi connectivity index (χ1n) is 9.03. The molecule has 146 valence electrons. The fourth-order valence-corrected chi connectivity index (χ4v) is 3.86. The molecule has 0 aromatic heterocycles. The first kappa shape index (κ1) is 20.4. The number of rotatable bonds is 6. The number of nitrogens with zero attached hydrogens (tertiary/aromatic N) is 2. The van der Waals surface area contributed by atoms with Crippen LogP contribution in [-0.4, -0.2) is 35.3 Å². The molecule has 1 amide bonds. The van der Waals surface area contributed by atoms with Gasteiger partial charge in [0.25, 0.3) is 5.91 Å². The Balaban J connectivity index is 1.73. The number of ether oxygens (including phenoxy) is 1. The van der Waals surface area contributed by atoms with E-state index in [9.17, 15) is 9.59 Å². The van der Waals surface area contributed by atoms with E-state index in [2.05, 4.69) is 4.99 Å². The first-order chi connectivity index (χ1) is 13.5. The van der Waals surface area contributed by atoms with Crippen molar-refractivity contribution in [3.8, 4) is 5.75 Å². The lowest BCUT2D eigenvalue weighted by Crippen LogP contribution is -2.38. The molecular weight excluding hydrogens is 396 g/mol. The van der Waals surface area contributed by atoms with Crippen LogP contribution in [0.2, 0.25) is 5.02 Å². The molecule has 0 aliphatic carbocycles. The van der Waals surface area contributed by atoms with Gasteiger partial charge < -0.3 is 4.74 Å². The summed E-state index contributed by atoms with van der Waals surface area (Å²) in [5.41, 5.74) is 1.33. The summed E-state index contributed by atoms with van der Waals surface area (Å²) < 4.78 is 5.66. The van der Waals surface area contributed by atoms with Gasteiger partial charge in [-0.15, -0.1) is 0 Å². The van der Waals surface area contributed by atoms with Crippen LogP contribution < -0.4 is 9.64 Å². The van der Waals surface area contributed by atoms with Crippen LogP contribution in [0, 0.1) is 0 Å². The standard InChI is InChI=1S/C21H21ClN2O3S/c1-3-19(25)15-4-10-18(11-5-15)27-12-20(26)24(21-23-14(2)13-28-21)17-8-6-16(22)7-9-17/h4-11,14H,3,12-13H2,1-2H3/t14-/m0/s1. The fraction of sp³-hybridized carbons (Fsp3) is 0.286. The molecule has 0 N–H and O–H groups in total. The van der Waals surface area contributed by atoms with E-state index in [4.69, 9.17) is 16.3 Å². The van der Waals surface area contributed by atoms with Crippen molar-refractivity contribution in [3.63, 3.8) is 0 Å². The van der Waals surface area contributed by atoms with E-state index in [-0.39, 0.29) is 24.3 Å². The van der Waals surface area contributed by atoms with Crippen LogP contribution in [0.25, 0.3) is 0 Å². The smallest absolute Gasteiger partial charge is 0.271 e. The van der Waals surface area contributed by atoms with Crippen molar-refractivity contribution in [2.24, 2.45) is 4.99 Å². The third-order valence-corrected chi connectivity index (χ3v) is 5.62. The minimum Gasteiger partial charge on any atom is -0.484 e. The highest BCUT2D eigenvalue weighted by Gasteiger charge is 2.27. The number of benzene rings is 2. The monoisotopic (exact) mass is 416 g/mol. The van der Waals surface area contributed by atoms with Gasteiger partial charge in [-0.1, -0.05) is 30.3 Å². The SMILES string of the molecule is CCC(=O)c1ccc(OCC(=O)N(C2=N[C@@H](C)CS2)c2ccc(Cl)cc2)cc1. The second kappa shape index (κ2) is 9.26. The van der Waals surface area contributed by atoms with Crippen LogP contribution in [-0.2, 0) is 4.79 Å². The zero-order valence-corrected chi connectivity index (χ0v) is 17.3. The van der Waals surface area contributed by atoms with Gasteiger partial charge in [-0.2, -0.15) is 0 Å². The van der Waals surface area contributed by atoms with Crippen LogP contribution in [0.3, 0.4) is 0 Å². The predicted molar refractivity (Wildman–Crippen MR) is 115 cm³/mol. The summed E-state index contributed by atoms with van der Waals surface area (Å²) in [5.74, 6) is 1.21. The molecule has 3 rings (SSSR count). The molecule has 0 radical (unpaired) electrons. The molecule has 0 spiro atoms. The Morgan fingerprint density at radius 3 is 2.43 bits per heavy atom. The molecule has 0 bridgehead atoms. The molecule has 1 aliphatic heterocycles. The highest BCUT2D eigenvalue weighted by molar-refractivity contribution is 8.14. The van der Waals surface area contributed by atoms with E-state index in [1.54, 1.807) is 65.2 Å². The summed E-state index contributed by atoms with van der Waals surface area (Å²) >= 11 is 7.52. The van der Waals surface area contributed by atoms with E-state index in [0.29, 0.717) is 33.6 Å². The second-order valence-corrected chi connectivity index (χ2v) is 7.79. The van der Waals surface area contributed by atoms with Gasteiger partial charge in [-0.05, 0) is 55.5 Å². The number of anilines is 1. The third kappa shape index (κ3) is 4.94. The van der Waals surface area contributed by atoms with Gasteiger partial charge in [-0.3, -0.25) is 19.5 Å². The summed E-state index contributed by atoms with van der Waals surface area (Å²) in [6.07, 6.45) is 0.451. The fourth-order valence-electron chi connectivity index (χ4n) is 2.68. The van der Waals surface area contributed by atoms with Crippen molar-refractivity contribution in [1.29, 1.82) is 0 Å². The third-order valence-electron chi connectivity index (χ3n) is 4.17. The van der Waals surface area contributed by atoms with Gasteiger partial charge in [0, 0.05) is 22.8 Å². The van der Waals surface area contributed by atoms with E-state index in [0.717, 1.165) is 5.75 Å². The number of amidine groups is 1. The number of halogens is 1. The number of hydrogen-bond donors (Lipinski definition) is 0. The maximum Gasteiger partial charge on any atom is 0.271 e. The van der Waals surface area contributed by atoms with Crippen molar-refractivity contribution < 1.29 is 14.3 Å². The Bertz CT molecular complexity index is 882. The number of carbonyl (C=O) groups excluding carboxylic acids is 2. The largest absolute Gasteiger partial charge is 0.484 e. The highest BCUT2D eigenvalue weighted by atomic mass is 35.5. The van der Waals surface area contributed by atoms with Crippen LogP contribution >= 0.6 is 23.4 Å². The Labute approximate surface area is 173 Å². The van der Waals surface area contributed by atoms with Crippen LogP contribution in [0.1, 0.15) is 30.6 Å². The molecule has 0 saturated heterocycles. The Hall–Kier alpha value is -2.31. The molecular formula is C21H21ClN2O3S. The summed E-state index contributed by atoms with van der Waals surface area (Å²) in [6.45, 7) is 3.69. The predicted octanol–water partition coefficient (Wildman–Crippen LogP) is 4.84. The van der Waals surface area contributed by atoms with Crippen molar-refractivity contribution in [3.05, 3.63) is 59.1 Å². The van der Waals surface area contributed by atoms with Crippen molar-refractivity contribution in [2.75, 3.05) is 17.3 Å². The number of aliphatic imine (C=N–C) groups is 1. The zero-order valence-electron chi connectivity index (χ0n) is 15.7. The van der Waals surface area contributed by atoms with Crippen LogP contribution in [0.4, 0.5) is 5.69 Å². The van der Waals surface area contributed by atoms with E-state index < -0.39 is 0 Å². The molecule has 5 nitrogen and oxygen atoms in total. The molecule has 0 saturated carbocycles. The van der Waals surface area contributed by atoms with Gasteiger partial charge in [0.15, 0.2) is 17.6 Å². The van der Waals surface area contributed by atoms with Gasteiger partial charge in [0.05, 0.1) is 11.7 Å². The summed E-state index contributed by atoms with van der Waals surface area (Å²) in [5, 5.41) is 1.26. The van der Waals surface area contributed by atoms with Gasteiger partial charge in [0.2, 0.25) is 0 Å². The minimum atomic E-state index is -0.226. The average Bonchev–Trinajstić information content (AvgIpc) is 3.13. The molecule has 1 heterocycles. The van der Waals surface area contributed by atoms with Gasteiger partial charge in [-0.25, -0.2) is 0 Å². The molecule has 2 aromatic rings. The van der Waals surface area contributed by atoms with E-state index >= 15 is 0 Å². The number of carbonyl (C=O) groups is 2. The first-order valence-corrected chi connectivity index (χ1v) is 10.4. The van der Waals surface area contributed by atoms with Gasteiger partial charge >= 0.3 is 0 Å². The van der Waals surface area contributed by atoms with Crippen LogP contribution in [0.5, 0.6) is 5.75 Å². The molecule has 0 unspecified atom stereocenters. The molecule has 28 heavy (non-hydrogen) atoms. The topological polar surface area (TPSA) is 59.0 Å². The lowest BCUT2D eigenvalue weighted by molar-refractivity contribution is -0.119. The second-order valence-electron chi connectivity index (χ2n) is 6.37. The summed E-state index contributed by atoms with van der Waals surface area (Å²) in [7, 11) is 0. The molecule has 7 heteroatoms. The maximum absolute atomic E-state index is 12.9. The Morgan fingerprint density at radius 2 is 1.86 bits per heavy atom. The summed E-state index contributed by atoms with van der Waals surface area (Å²) in [4.78, 5) is 30.8. The zero-order chi connectivity index (χ0) is 20.1. The van der Waals surface area contributed by atoms with E-state index in [1.807, 2.05) is 13.8 Å².